The average Bonchev–Trinajstić information content (AvgIpc) is 2.80. The summed E-state index contributed by atoms with van der Waals surface area (Å²) in [7, 11) is 0. The van der Waals surface area contributed by atoms with E-state index in [1.54, 1.807) is 17.0 Å². The molecule has 0 aliphatic carbocycles. The maximum Gasteiger partial charge on any atom is 0.264 e. The number of amidine groups is 1. The van der Waals surface area contributed by atoms with E-state index in [0.717, 1.165) is 22.5 Å². The van der Waals surface area contributed by atoms with Gasteiger partial charge in [-0.2, -0.15) is 0 Å². The van der Waals surface area contributed by atoms with Gasteiger partial charge < -0.3 is 0 Å². The molecule has 0 bridgehead atoms. The fourth-order valence-corrected chi connectivity index (χ4v) is 4.30. The zero-order valence-electron chi connectivity index (χ0n) is 17.7. The number of allylic oxidation sites excluding steroid dienone is 2. The molecule has 3 aromatic rings. The summed E-state index contributed by atoms with van der Waals surface area (Å²) in [6.45, 7) is 4.09. The highest BCUT2D eigenvalue weighted by atomic mass is 35.5. The van der Waals surface area contributed by atoms with Crippen molar-refractivity contribution in [2.45, 2.75) is 19.9 Å². The molecule has 1 N–H and O–H groups in total. The minimum atomic E-state index is -0.333. The monoisotopic (exact) mass is 443 g/mol. The van der Waals surface area contributed by atoms with Crippen LogP contribution in [0.25, 0.3) is 16.5 Å². The second-order valence-electron chi connectivity index (χ2n) is 7.89. The molecule has 6 nitrogen and oxygen atoms in total. The van der Waals surface area contributed by atoms with Crippen molar-refractivity contribution < 1.29 is 0 Å². The molecule has 2 atom stereocenters. The molecule has 1 aromatic heterocycles. The van der Waals surface area contributed by atoms with Crippen molar-refractivity contribution in [1.82, 2.24) is 15.0 Å². The predicted molar refractivity (Wildman–Crippen MR) is 130 cm³/mol. The van der Waals surface area contributed by atoms with E-state index in [4.69, 9.17) is 16.6 Å². The van der Waals surface area contributed by atoms with E-state index in [0.29, 0.717) is 16.2 Å². The van der Waals surface area contributed by atoms with Gasteiger partial charge >= 0.3 is 0 Å². The lowest BCUT2D eigenvalue weighted by molar-refractivity contribution is 0.421. The van der Waals surface area contributed by atoms with Gasteiger partial charge in [0.05, 0.1) is 22.1 Å². The Kier molecular flexibility index (Phi) is 5.15. The average molecular weight is 444 g/mol. The summed E-state index contributed by atoms with van der Waals surface area (Å²) in [5.41, 5.74) is 5.37. The number of hydrogen-bond acceptors (Lipinski definition) is 4. The summed E-state index contributed by atoms with van der Waals surface area (Å²) < 4.78 is 1.70. The van der Waals surface area contributed by atoms with Crippen LogP contribution in [-0.2, 0) is 0 Å². The zero-order chi connectivity index (χ0) is 22.2. The lowest BCUT2D eigenvalue weighted by Gasteiger charge is -2.30. The second kappa shape index (κ2) is 8.13. The van der Waals surface area contributed by atoms with Gasteiger partial charge in [-0.15, -0.1) is 0 Å². The molecule has 2 unspecified atom stereocenters. The Labute approximate surface area is 190 Å². The van der Waals surface area contributed by atoms with Crippen LogP contribution >= 0.6 is 11.6 Å². The van der Waals surface area contributed by atoms with Crippen LogP contribution in [0.5, 0.6) is 0 Å². The second-order valence-corrected chi connectivity index (χ2v) is 8.30. The summed E-state index contributed by atoms with van der Waals surface area (Å²) in [4.78, 5) is 23.0. The van der Waals surface area contributed by atoms with Crippen LogP contribution in [0.4, 0.5) is 0 Å². The summed E-state index contributed by atoms with van der Waals surface area (Å²) in [5, 5.41) is 3.62. The normalized spacial score (nSPS) is 19.6. The van der Waals surface area contributed by atoms with E-state index in [9.17, 15) is 4.79 Å². The maximum atomic E-state index is 13.6. The van der Waals surface area contributed by atoms with Crippen molar-refractivity contribution in [1.29, 1.82) is 0 Å². The van der Waals surface area contributed by atoms with Crippen LogP contribution in [0.1, 0.15) is 25.6 Å². The molecule has 0 fully saturated rings. The third-order valence-corrected chi connectivity index (χ3v) is 5.93. The van der Waals surface area contributed by atoms with E-state index < -0.39 is 0 Å². The Hall–Kier alpha value is -3.64. The predicted octanol–water partition coefficient (Wildman–Crippen LogP) is 5.00. The van der Waals surface area contributed by atoms with Crippen molar-refractivity contribution in [2.75, 3.05) is 0 Å². The number of fused-ring (bicyclic) bond motifs is 2. The number of hydrogen-bond donors (Lipinski definition) is 1. The highest BCUT2D eigenvalue weighted by Gasteiger charge is 2.23. The molecule has 0 radical (unpaired) electrons. The van der Waals surface area contributed by atoms with Gasteiger partial charge in [0.25, 0.3) is 5.56 Å². The minimum absolute atomic E-state index is 0.162. The minimum Gasteiger partial charge on any atom is -0.284 e. The van der Waals surface area contributed by atoms with E-state index in [2.05, 4.69) is 29.5 Å². The molecule has 0 spiro atoms. The molecular formula is C25H22ClN5O. The van der Waals surface area contributed by atoms with Crippen molar-refractivity contribution in [3.8, 4) is 5.69 Å². The number of nitrogens with one attached hydrogen (secondary N) is 1. The third kappa shape index (κ3) is 3.52. The largest absolute Gasteiger partial charge is 0.284 e. The number of pyridine rings is 1. The molecule has 0 amide bonds. The van der Waals surface area contributed by atoms with E-state index in [-0.39, 0.29) is 17.5 Å². The number of para-hydroxylation sites is 1. The molecule has 160 valence electrons. The molecule has 2 aliphatic heterocycles. The highest BCUT2D eigenvalue weighted by molar-refractivity contribution is 6.35. The van der Waals surface area contributed by atoms with Gasteiger partial charge in [-0.05, 0) is 48.6 Å². The summed E-state index contributed by atoms with van der Waals surface area (Å²) in [6.07, 6.45) is 7.80. The van der Waals surface area contributed by atoms with Gasteiger partial charge in [-0.25, -0.2) is 4.99 Å². The molecule has 5 rings (SSSR count). The number of benzene rings is 2. The summed E-state index contributed by atoms with van der Waals surface area (Å²) in [5.74, 6) is 0.896. The first kappa shape index (κ1) is 20.3. The van der Waals surface area contributed by atoms with Gasteiger partial charge in [-0.3, -0.25) is 24.8 Å². The Morgan fingerprint density at radius 1 is 1.16 bits per heavy atom. The van der Waals surface area contributed by atoms with Gasteiger partial charge in [0, 0.05) is 11.9 Å². The van der Waals surface area contributed by atoms with E-state index in [1.807, 2.05) is 66.7 Å². The Bertz CT molecular complexity index is 1370. The van der Waals surface area contributed by atoms with Crippen molar-refractivity contribution in [3.63, 3.8) is 0 Å². The quantitative estimate of drug-likeness (QED) is 0.619. The molecule has 0 saturated carbocycles. The Morgan fingerprint density at radius 3 is 2.78 bits per heavy atom. The first-order valence-electron chi connectivity index (χ1n) is 10.5. The van der Waals surface area contributed by atoms with Crippen LogP contribution in [0.3, 0.4) is 0 Å². The molecule has 32 heavy (non-hydrogen) atoms. The van der Waals surface area contributed by atoms with Crippen LogP contribution < -0.4 is 11.0 Å². The highest BCUT2D eigenvalue weighted by Crippen LogP contribution is 2.28. The fourth-order valence-electron chi connectivity index (χ4n) is 4.04. The Balaban J connectivity index is 1.70. The molecule has 2 aromatic carbocycles. The van der Waals surface area contributed by atoms with E-state index >= 15 is 0 Å². The summed E-state index contributed by atoms with van der Waals surface area (Å²) >= 11 is 6.41. The third-order valence-electron chi connectivity index (χ3n) is 5.61. The van der Waals surface area contributed by atoms with Crippen LogP contribution in [0, 0.1) is 5.92 Å². The number of nitrogens with zero attached hydrogens (tertiary/aromatic N) is 4. The van der Waals surface area contributed by atoms with Gasteiger partial charge in [-0.1, -0.05) is 54.9 Å². The van der Waals surface area contributed by atoms with Crippen molar-refractivity contribution >= 4 is 34.5 Å². The van der Waals surface area contributed by atoms with Gasteiger partial charge in [0.15, 0.2) is 5.84 Å². The zero-order valence-corrected chi connectivity index (χ0v) is 18.5. The number of aliphatic imine (C=N–C) groups is 2. The van der Waals surface area contributed by atoms with Gasteiger partial charge in [0.1, 0.15) is 12.0 Å². The standard InChI is InChI=1S/C25H22ClN5O/c1-16-11-12-30-22(13-16)24(27-15-28-30)29-17(2)21-14-18-7-6-10-20(26)23(18)25(32)31(21)19-8-4-3-5-9-19/h3-17H,1-2H3,(H,27,28,29). The van der Waals surface area contributed by atoms with E-state index in [1.165, 1.54) is 0 Å². The SMILES string of the molecule is CC1C=CN2NC=NC(=NC(C)c3cc4cccc(Cl)c4c(=O)n3-c3ccccc3)C2=C1. The molecule has 0 saturated heterocycles. The number of rotatable bonds is 3. The first-order chi connectivity index (χ1) is 15.5. The van der Waals surface area contributed by atoms with Crippen LogP contribution in [-0.4, -0.2) is 21.8 Å². The first-order valence-corrected chi connectivity index (χ1v) is 10.9. The fraction of sp³-hybridized carbons (Fsp3) is 0.160. The number of hydrazine groups is 1. The molecule has 3 heterocycles. The molecular weight excluding hydrogens is 422 g/mol. The van der Waals surface area contributed by atoms with Crippen LogP contribution in [0.15, 0.2) is 93.4 Å². The smallest absolute Gasteiger partial charge is 0.264 e. The number of halogens is 1. The molecule has 7 heteroatoms. The van der Waals surface area contributed by atoms with Crippen molar-refractivity contribution in [3.05, 3.63) is 99.7 Å². The maximum absolute atomic E-state index is 13.6. The van der Waals surface area contributed by atoms with Crippen molar-refractivity contribution in [2.24, 2.45) is 15.9 Å². The number of aromatic nitrogens is 1. The Morgan fingerprint density at radius 2 is 1.97 bits per heavy atom. The lowest BCUT2D eigenvalue weighted by Crippen LogP contribution is -2.40. The summed E-state index contributed by atoms with van der Waals surface area (Å²) in [6, 6.07) is 16.7. The lowest BCUT2D eigenvalue weighted by atomic mass is 10.1. The van der Waals surface area contributed by atoms with Gasteiger partial charge in [0.2, 0.25) is 0 Å². The topological polar surface area (TPSA) is 62.0 Å². The van der Waals surface area contributed by atoms with Crippen LogP contribution in [0.2, 0.25) is 5.02 Å². The molecule has 2 aliphatic rings.